The van der Waals surface area contributed by atoms with Gasteiger partial charge in [-0.25, -0.2) is 0 Å². The highest BCUT2D eigenvalue weighted by Gasteiger charge is 2.07. The quantitative estimate of drug-likeness (QED) is 0.775. The molecule has 0 saturated heterocycles. The molecule has 1 unspecified atom stereocenters. The molecule has 0 heterocycles. The Kier molecular flexibility index (Phi) is 7.06. The molecule has 1 aromatic carbocycles. The van der Waals surface area contributed by atoms with Crippen molar-refractivity contribution in [1.82, 2.24) is 0 Å². The van der Waals surface area contributed by atoms with Gasteiger partial charge in [0.2, 0.25) is 0 Å². The van der Waals surface area contributed by atoms with Crippen LogP contribution < -0.4 is 5.73 Å². The van der Waals surface area contributed by atoms with E-state index >= 15 is 0 Å². The SMILES string of the molecule is Cl.NCCC(CCl)c1ccccc1. The first-order chi connectivity index (χ1) is 5.88. The Morgan fingerprint density at radius 1 is 1.23 bits per heavy atom. The van der Waals surface area contributed by atoms with E-state index in [1.807, 2.05) is 18.2 Å². The Balaban J connectivity index is 0.00000144. The smallest absolute Gasteiger partial charge is 0.0292 e. The molecule has 0 saturated carbocycles. The Labute approximate surface area is 90.7 Å². The summed E-state index contributed by atoms with van der Waals surface area (Å²) in [4.78, 5) is 0. The van der Waals surface area contributed by atoms with Crippen LogP contribution in [0.4, 0.5) is 0 Å². The first-order valence-corrected chi connectivity index (χ1v) is 4.73. The number of hydrogen-bond donors (Lipinski definition) is 1. The maximum Gasteiger partial charge on any atom is 0.0292 e. The Hall–Kier alpha value is -0.240. The third kappa shape index (κ3) is 3.99. The van der Waals surface area contributed by atoms with E-state index in [-0.39, 0.29) is 12.4 Å². The average molecular weight is 220 g/mol. The lowest BCUT2D eigenvalue weighted by Crippen LogP contribution is -2.08. The highest BCUT2D eigenvalue weighted by molar-refractivity contribution is 6.18. The fourth-order valence-corrected chi connectivity index (χ4v) is 1.59. The first kappa shape index (κ1) is 12.8. The minimum atomic E-state index is 0. The van der Waals surface area contributed by atoms with Crippen molar-refractivity contribution in [2.24, 2.45) is 5.73 Å². The van der Waals surface area contributed by atoms with E-state index < -0.39 is 0 Å². The zero-order valence-electron chi connectivity index (χ0n) is 7.45. The maximum absolute atomic E-state index is 5.83. The van der Waals surface area contributed by atoms with Gasteiger partial charge in [-0.05, 0) is 24.4 Å². The van der Waals surface area contributed by atoms with Crippen LogP contribution in [0.2, 0.25) is 0 Å². The van der Waals surface area contributed by atoms with Crippen LogP contribution in [-0.2, 0) is 0 Å². The molecule has 0 fully saturated rings. The van der Waals surface area contributed by atoms with E-state index in [4.69, 9.17) is 17.3 Å². The molecule has 0 aliphatic carbocycles. The first-order valence-electron chi connectivity index (χ1n) is 4.19. The fourth-order valence-electron chi connectivity index (χ4n) is 1.26. The molecule has 3 heteroatoms. The molecule has 1 rings (SSSR count). The zero-order valence-corrected chi connectivity index (χ0v) is 9.02. The number of benzene rings is 1. The minimum Gasteiger partial charge on any atom is -0.330 e. The second kappa shape index (κ2) is 7.19. The predicted octanol–water partition coefficient (Wildman–Crippen LogP) is 2.78. The number of hydrogen-bond acceptors (Lipinski definition) is 1. The summed E-state index contributed by atoms with van der Waals surface area (Å²) in [6.07, 6.45) is 0.966. The van der Waals surface area contributed by atoms with Gasteiger partial charge < -0.3 is 5.73 Å². The van der Waals surface area contributed by atoms with Crippen molar-refractivity contribution in [2.75, 3.05) is 12.4 Å². The van der Waals surface area contributed by atoms with Crippen molar-refractivity contribution < 1.29 is 0 Å². The molecule has 0 amide bonds. The molecule has 0 bridgehead atoms. The Bertz CT molecular complexity index is 213. The van der Waals surface area contributed by atoms with Crippen molar-refractivity contribution in [2.45, 2.75) is 12.3 Å². The molecule has 1 aromatic rings. The molecular weight excluding hydrogens is 205 g/mol. The number of nitrogens with two attached hydrogens (primary N) is 1. The number of alkyl halides is 1. The summed E-state index contributed by atoms with van der Waals surface area (Å²) in [6.45, 7) is 0.701. The van der Waals surface area contributed by atoms with Gasteiger partial charge in [0.1, 0.15) is 0 Å². The molecular formula is C10H15Cl2N. The van der Waals surface area contributed by atoms with Crippen LogP contribution in [0.3, 0.4) is 0 Å². The van der Waals surface area contributed by atoms with E-state index in [9.17, 15) is 0 Å². The number of rotatable bonds is 4. The summed E-state index contributed by atoms with van der Waals surface area (Å²) >= 11 is 5.83. The third-order valence-electron chi connectivity index (χ3n) is 1.97. The summed E-state index contributed by atoms with van der Waals surface area (Å²) in [5.74, 6) is 1.07. The predicted molar refractivity (Wildman–Crippen MR) is 60.8 cm³/mol. The molecule has 0 aromatic heterocycles. The van der Waals surface area contributed by atoms with Gasteiger partial charge in [-0.1, -0.05) is 30.3 Å². The van der Waals surface area contributed by atoms with Crippen LogP contribution in [0.5, 0.6) is 0 Å². The monoisotopic (exact) mass is 219 g/mol. The van der Waals surface area contributed by atoms with Crippen LogP contribution in [0.25, 0.3) is 0 Å². The van der Waals surface area contributed by atoms with Gasteiger partial charge in [-0.3, -0.25) is 0 Å². The zero-order chi connectivity index (χ0) is 8.81. The maximum atomic E-state index is 5.83. The Morgan fingerprint density at radius 3 is 2.31 bits per heavy atom. The van der Waals surface area contributed by atoms with Gasteiger partial charge in [0.05, 0.1) is 0 Å². The molecule has 74 valence electrons. The van der Waals surface area contributed by atoms with Gasteiger partial charge in [-0.15, -0.1) is 24.0 Å². The van der Waals surface area contributed by atoms with Crippen LogP contribution in [0.15, 0.2) is 30.3 Å². The summed E-state index contributed by atoms with van der Waals surface area (Å²) in [6, 6.07) is 10.3. The highest BCUT2D eigenvalue weighted by Crippen LogP contribution is 2.19. The average Bonchev–Trinajstić information content (AvgIpc) is 2.15. The Morgan fingerprint density at radius 2 is 1.85 bits per heavy atom. The van der Waals surface area contributed by atoms with Gasteiger partial charge in [-0.2, -0.15) is 0 Å². The van der Waals surface area contributed by atoms with Crippen molar-refractivity contribution in [3.05, 3.63) is 35.9 Å². The second-order valence-corrected chi connectivity index (χ2v) is 3.15. The molecule has 1 atom stereocenters. The summed E-state index contributed by atoms with van der Waals surface area (Å²) in [5, 5.41) is 0. The van der Waals surface area contributed by atoms with Crippen LogP contribution in [-0.4, -0.2) is 12.4 Å². The van der Waals surface area contributed by atoms with E-state index in [0.29, 0.717) is 18.3 Å². The molecule has 0 spiro atoms. The van der Waals surface area contributed by atoms with Crippen LogP contribution in [0, 0.1) is 0 Å². The van der Waals surface area contributed by atoms with Crippen molar-refractivity contribution in [3.63, 3.8) is 0 Å². The largest absolute Gasteiger partial charge is 0.330 e. The third-order valence-corrected chi connectivity index (χ3v) is 2.34. The molecule has 1 nitrogen and oxygen atoms in total. The lowest BCUT2D eigenvalue weighted by atomic mass is 9.98. The molecule has 13 heavy (non-hydrogen) atoms. The minimum absolute atomic E-state index is 0. The normalized spacial score (nSPS) is 11.8. The lowest BCUT2D eigenvalue weighted by Gasteiger charge is -2.12. The molecule has 0 aliphatic rings. The lowest BCUT2D eigenvalue weighted by molar-refractivity contribution is 0.696. The standard InChI is InChI=1S/C10H14ClN.ClH/c11-8-10(6-7-12)9-4-2-1-3-5-9;/h1-5,10H,6-8,12H2;1H. The second-order valence-electron chi connectivity index (χ2n) is 2.84. The van der Waals surface area contributed by atoms with Crippen LogP contribution >= 0.6 is 24.0 Å². The van der Waals surface area contributed by atoms with Crippen LogP contribution in [0.1, 0.15) is 17.9 Å². The summed E-state index contributed by atoms with van der Waals surface area (Å²) < 4.78 is 0. The van der Waals surface area contributed by atoms with Gasteiger partial charge in [0.25, 0.3) is 0 Å². The van der Waals surface area contributed by atoms with E-state index in [2.05, 4.69) is 12.1 Å². The molecule has 0 radical (unpaired) electrons. The molecule has 2 N–H and O–H groups in total. The van der Waals surface area contributed by atoms with E-state index in [0.717, 1.165) is 6.42 Å². The fraction of sp³-hybridized carbons (Fsp3) is 0.400. The van der Waals surface area contributed by atoms with Gasteiger partial charge in [0, 0.05) is 5.88 Å². The van der Waals surface area contributed by atoms with Gasteiger partial charge in [0.15, 0.2) is 0 Å². The topological polar surface area (TPSA) is 26.0 Å². The van der Waals surface area contributed by atoms with E-state index in [1.54, 1.807) is 0 Å². The summed E-state index contributed by atoms with van der Waals surface area (Å²) in [7, 11) is 0. The van der Waals surface area contributed by atoms with Crippen molar-refractivity contribution in [1.29, 1.82) is 0 Å². The van der Waals surface area contributed by atoms with Crippen molar-refractivity contribution >= 4 is 24.0 Å². The molecule has 0 aliphatic heterocycles. The van der Waals surface area contributed by atoms with E-state index in [1.165, 1.54) is 5.56 Å². The highest BCUT2D eigenvalue weighted by atomic mass is 35.5. The van der Waals surface area contributed by atoms with Crippen molar-refractivity contribution in [3.8, 4) is 0 Å². The number of halogens is 2. The van der Waals surface area contributed by atoms with Gasteiger partial charge >= 0.3 is 0 Å². The summed E-state index contributed by atoms with van der Waals surface area (Å²) in [5.41, 5.74) is 6.77.